The van der Waals surface area contributed by atoms with Gasteiger partial charge in [0.15, 0.2) is 0 Å². The molecule has 0 spiro atoms. The minimum atomic E-state index is -4.46. The number of hydrazine groups is 1. The Morgan fingerprint density at radius 2 is 1.85 bits per heavy atom. The molecule has 0 saturated carbocycles. The number of rotatable bonds is 9. The van der Waals surface area contributed by atoms with Gasteiger partial charge in [0, 0.05) is 29.0 Å². The predicted molar refractivity (Wildman–Crippen MR) is 112 cm³/mol. The van der Waals surface area contributed by atoms with Crippen molar-refractivity contribution in [2.24, 2.45) is 0 Å². The highest BCUT2D eigenvalue weighted by atomic mass is 35.5. The van der Waals surface area contributed by atoms with Gasteiger partial charge in [-0.05, 0) is 36.8 Å². The molecule has 0 saturated heterocycles. The number of nitrogens with one attached hydrogen (secondary N) is 1. The topological polar surface area (TPSA) is 105 Å². The van der Waals surface area contributed by atoms with Crippen LogP contribution in [0.25, 0.3) is 11.4 Å². The van der Waals surface area contributed by atoms with Gasteiger partial charge in [-0.1, -0.05) is 28.9 Å². The van der Waals surface area contributed by atoms with Crippen LogP contribution >= 0.6 is 11.6 Å². The molecule has 182 valence electrons. The van der Waals surface area contributed by atoms with Crippen LogP contribution in [-0.2, 0) is 21.4 Å². The first kappa shape index (κ1) is 25.6. The summed E-state index contributed by atoms with van der Waals surface area (Å²) in [5, 5.41) is 3.84. The van der Waals surface area contributed by atoms with E-state index in [1.54, 1.807) is 0 Å². The normalized spacial score (nSPS) is 12.2. The van der Waals surface area contributed by atoms with Crippen LogP contribution in [0.5, 0.6) is 0 Å². The number of carbonyl (C=O) groups is 1. The minimum absolute atomic E-state index is 0.106. The lowest BCUT2D eigenvalue weighted by atomic mass is 10.1. The highest BCUT2D eigenvalue weighted by molar-refractivity contribution is 7.89. The van der Waals surface area contributed by atoms with Gasteiger partial charge in [0.1, 0.15) is 5.82 Å². The second-order valence-electron chi connectivity index (χ2n) is 7.03. The van der Waals surface area contributed by atoms with Crippen LogP contribution in [0.2, 0.25) is 5.02 Å². The van der Waals surface area contributed by atoms with Gasteiger partial charge in [0.25, 0.3) is 10.0 Å². The molecule has 1 N–H and O–H groups in total. The van der Waals surface area contributed by atoms with E-state index in [0.29, 0.717) is 4.41 Å². The standard InChI is InChI=1S/C20H17ClF4N4O4S/c21-15-5-7-16(8-6-15)34(31,32)29(27-18(30)2-1-9-20(23,24)25)11-14-4-3-13(10-17(14)22)19-26-12-33-28-19/h3-8,10,12H,1-2,9,11H2,(H,27,30). The SMILES string of the molecule is O=C(CCCC(F)(F)F)NN(Cc1ccc(-c2ncon2)cc1F)S(=O)(=O)c1ccc(Cl)cc1. The zero-order valence-electron chi connectivity index (χ0n) is 17.2. The number of benzene rings is 2. The van der Waals surface area contributed by atoms with Crippen molar-refractivity contribution < 1.29 is 35.3 Å². The summed E-state index contributed by atoms with van der Waals surface area (Å²) in [6, 6.07) is 8.70. The average Bonchev–Trinajstić information content (AvgIpc) is 3.29. The van der Waals surface area contributed by atoms with Gasteiger partial charge < -0.3 is 4.52 Å². The Morgan fingerprint density at radius 3 is 2.44 bits per heavy atom. The summed E-state index contributed by atoms with van der Waals surface area (Å²) in [5.74, 6) is -1.70. The molecule has 0 fully saturated rings. The molecule has 0 unspecified atom stereocenters. The molecule has 0 atom stereocenters. The summed E-state index contributed by atoms with van der Waals surface area (Å²) in [7, 11) is -4.42. The number of nitrogens with zero attached hydrogens (tertiary/aromatic N) is 3. The van der Waals surface area contributed by atoms with E-state index in [4.69, 9.17) is 11.6 Å². The number of carbonyl (C=O) groups excluding carboxylic acids is 1. The maximum atomic E-state index is 14.8. The number of alkyl halides is 3. The second-order valence-corrected chi connectivity index (χ2v) is 9.33. The molecule has 0 aliphatic heterocycles. The van der Waals surface area contributed by atoms with Gasteiger partial charge in [0.2, 0.25) is 18.1 Å². The largest absolute Gasteiger partial charge is 0.389 e. The molecule has 3 aromatic rings. The molecule has 14 heteroatoms. The van der Waals surface area contributed by atoms with Gasteiger partial charge in [-0.15, -0.1) is 4.41 Å². The molecule has 1 aromatic heterocycles. The molecule has 0 aliphatic rings. The maximum Gasteiger partial charge on any atom is 0.389 e. The third-order valence-corrected chi connectivity index (χ3v) is 6.42. The van der Waals surface area contributed by atoms with Crippen LogP contribution in [0, 0.1) is 5.82 Å². The summed E-state index contributed by atoms with van der Waals surface area (Å²) < 4.78 is 83.2. The fourth-order valence-electron chi connectivity index (χ4n) is 2.83. The summed E-state index contributed by atoms with van der Waals surface area (Å²) in [6.07, 6.45) is -5.76. The molecular formula is C20H17ClF4N4O4S. The zero-order valence-corrected chi connectivity index (χ0v) is 18.8. The van der Waals surface area contributed by atoms with Gasteiger partial charge in [0.05, 0.1) is 11.4 Å². The Balaban J connectivity index is 1.85. The first-order valence-corrected chi connectivity index (χ1v) is 11.5. The van der Waals surface area contributed by atoms with Crippen molar-refractivity contribution >= 4 is 27.5 Å². The lowest BCUT2D eigenvalue weighted by molar-refractivity contribution is -0.138. The Bertz CT molecular complexity index is 1240. The molecule has 8 nitrogen and oxygen atoms in total. The van der Waals surface area contributed by atoms with E-state index in [1.165, 1.54) is 36.4 Å². The Kier molecular flexibility index (Phi) is 7.89. The number of amides is 1. The van der Waals surface area contributed by atoms with Gasteiger partial charge in [-0.3, -0.25) is 10.2 Å². The molecule has 0 bridgehead atoms. The fraction of sp³-hybridized carbons (Fsp3) is 0.250. The number of sulfonamides is 1. The molecule has 3 rings (SSSR count). The van der Waals surface area contributed by atoms with Crippen LogP contribution in [0.4, 0.5) is 17.6 Å². The summed E-state index contributed by atoms with van der Waals surface area (Å²) in [4.78, 5) is 15.8. The zero-order chi connectivity index (χ0) is 24.9. The maximum absolute atomic E-state index is 14.8. The van der Waals surface area contributed by atoms with E-state index < -0.39 is 53.7 Å². The summed E-state index contributed by atoms with van der Waals surface area (Å²) >= 11 is 5.79. The first-order valence-electron chi connectivity index (χ1n) is 9.65. The second kappa shape index (κ2) is 10.5. The monoisotopic (exact) mass is 520 g/mol. The molecule has 2 aromatic carbocycles. The lowest BCUT2D eigenvalue weighted by Gasteiger charge is -2.23. The average molecular weight is 521 g/mol. The van der Waals surface area contributed by atoms with E-state index in [9.17, 15) is 30.8 Å². The number of hydrogen-bond acceptors (Lipinski definition) is 6. The highest BCUT2D eigenvalue weighted by Gasteiger charge is 2.29. The number of hydrogen-bond donors (Lipinski definition) is 1. The molecule has 0 radical (unpaired) electrons. The number of halogens is 5. The third-order valence-electron chi connectivity index (χ3n) is 4.50. The van der Waals surface area contributed by atoms with Crippen molar-refractivity contribution in [2.45, 2.75) is 36.9 Å². The minimum Gasteiger partial charge on any atom is -0.342 e. The molecular weight excluding hydrogens is 504 g/mol. The Labute approximate surface area is 196 Å². The van der Waals surface area contributed by atoms with Gasteiger partial charge in [-0.25, -0.2) is 12.8 Å². The Morgan fingerprint density at radius 1 is 1.15 bits per heavy atom. The van der Waals surface area contributed by atoms with E-state index >= 15 is 0 Å². The van der Waals surface area contributed by atoms with E-state index in [1.807, 2.05) is 0 Å². The summed E-state index contributed by atoms with van der Waals surface area (Å²) in [5.41, 5.74) is 2.21. The van der Waals surface area contributed by atoms with Crippen LogP contribution in [0.15, 0.2) is 58.3 Å². The quantitative estimate of drug-likeness (QED) is 0.329. The first-order chi connectivity index (χ1) is 16.0. The molecule has 1 amide bonds. The lowest BCUT2D eigenvalue weighted by Crippen LogP contribution is -2.45. The van der Waals surface area contributed by atoms with Crippen molar-refractivity contribution in [1.29, 1.82) is 0 Å². The van der Waals surface area contributed by atoms with Crippen molar-refractivity contribution in [3.63, 3.8) is 0 Å². The predicted octanol–water partition coefficient (Wildman–Crippen LogP) is 4.48. The van der Waals surface area contributed by atoms with Gasteiger partial charge >= 0.3 is 6.18 Å². The van der Waals surface area contributed by atoms with Crippen LogP contribution < -0.4 is 5.43 Å². The van der Waals surface area contributed by atoms with E-state index in [0.717, 1.165) is 12.5 Å². The molecule has 1 heterocycles. The Hall–Kier alpha value is -3.03. The molecule has 0 aliphatic carbocycles. The fourth-order valence-corrected chi connectivity index (χ4v) is 4.22. The van der Waals surface area contributed by atoms with Gasteiger partial charge in [-0.2, -0.15) is 18.2 Å². The van der Waals surface area contributed by atoms with E-state index in [-0.39, 0.29) is 26.9 Å². The van der Waals surface area contributed by atoms with Crippen molar-refractivity contribution in [3.8, 4) is 11.4 Å². The summed E-state index contributed by atoms with van der Waals surface area (Å²) in [6.45, 7) is -0.645. The van der Waals surface area contributed by atoms with E-state index in [2.05, 4.69) is 20.1 Å². The van der Waals surface area contributed by atoms with Crippen molar-refractivity contribution in [1.82, 2.24) is 20.0 Å². The van der Waals surface area contributed by atoms with Crippen LogP contribution in [0.3, 0.4) is 0 Å². The van der Waals surface area contributed by atoms with Crippen LogP contribution in [0.1, 0.15) is 24.8 Å². The smallest absolute Gasteiger partial charge is 0.342 e. The highest BCUT2D eigenvalue weighted by Crippen LogP contribution is 2.24. The molecule has 34 heavy (non-hydrogen) atoms. The number of aromatic nitrogens is 2. The van der Waals surface area contributed by atoms with Crippen molar-refractivity contribution in [3.05, 3.63) is 65.3 Å². The van der Waals surface area contributed by atoms with Crippen LogP contribution in [-0.4, -0.2) is 35.1 Å². The van der Waals surface area contributed by atoms with Crippen molar-refractivity contribution in [2.75, 3.05) is 0 Å². The third kappa shape index (κ3) is 6.74.